The Morgan fingerprint density at radius 1 is 1.14 bits per heavy atom. The lowest BCUT2D eigenvalue weighted by atomic mass is 10.1. The van der Waals surface area contributed by atoms with Crippen molar-refractivity contribution < 1.29 is 9.53 Å². The number of hydrogen-bond donors (Lipinski definition) is 1. The fourth-order valence-electron chi connectivity index (χ4n) is 2.21. The van der Waals surface area contributed by atoms with Crippen LogP contribution in [0.1, 0.15) is 28.9 Å². The molecule has 3 nitrogen and oxygen atoms in total. The third-order valence-electron chi connectivity index (χ3n) is 3.30. The molecule has 0 spiro atoms. The Bertz CT molecular complexity index is 628. The van der Waals surface area contributed by atoms with Gasteiger partial charge in [-0.2, -0.15) is 0 Å². The lowest BCUT2D eigenvalue weighted by molar-refractivity contribution is 0.0936. The summed E-state index contributed by atoms with van der Waals surface area (Å²) in [5.74, 6) is 0.710. The Kier molecular flexibility index (Phi) is 5.28. The van der Waals surface area contributed by atoms with Gasteiger partial charge < -0.3 is 10.1 Å². The van der Waals surface area contributed by atoms with Crippen LogP contribution in [-0.4, -0.2) is 19.3 Å². The first-order chi connectivity index (χ1) is 10.2. The number of hydrogen-bond acceptors (Lipinski definition) is 3. The van der Waals surface area contributed by atoms with Crippen LogP contribution in [0.25, 0.3) is 0 Å². The van der Waals surface area contributed by atoms with E-state index < -0.39 is 0 Å². The van der Waals surface area contributed by atoms with Crippen LogP contribution in [0.2, 0.25) is 0 Å². The van der Waals surface area contributed by atoms with Crippen molar-refractivity contribution in [1.29, 1.82) is 0 Å². The number of methoxy groups -OCH3 is 1. The topological polar surface area (TPSA) is 38.3 Å². The second-order valence-corrected chi connectivity index (χ2v) is 5.49. The van der Waals surface area contributed by atoms with Crippen LogP contribution in [-0.2, 0) is 0 Å². The van der Waals surface area contributed by atoms with Crippen molar-refractivity contribution in [2.75, 3.05) is 13.4 Å². The molecule has 0 saturated heterocycles. The number of carbonyl (C=O) groups is 1. The van der Waals surface area contributed by atoms with Crippen LogP contribution in [0.3, 0.4) is 0 Å². The first-order valence-electron chi connectivity index (χ1n) is 6.74. The van der Waals surface area contributed by atoms with Gasteiger partial charge in [-0.1, -0.05) is 30.3 Å². The van der Waals surface area contributed by atoms with Gasteiger partial charge in [-0.3, -0.25) is 4.79 Å². The monoisotopic (exact) mass is 301 g/mol. The van der Waals surface area contributed by atoms with Crippen molar-refractivity contribution in [2.24, 2.45) is 0 Å². The van der Waals surface area contributed by atoms with Gasteiger partial charge in [-0.15, -0.1) is 11.8 Å². The Hall–Kier alpha value is -1.94. The molecule has 0 saturated carbocycles. The Morgan fingerprint density at radius 2 is 1.81 bits per heavy atom. The molecule has 1 amide bonds. The molecular weight excluding hydrogens is 282 g/mol. The van der Waals surface area contributed by atoms with E-state index in [0.29, 0.717) is 5.56 Å². The van der Waals surface area contributed by atoms with Crippen LogP contribution >= 0.6 is 11.8 Å². The molecule has 1 atom stereocenters. The first kappa shape index (κ1) is 15.4. The molecule has 0 aliphatic heterocycles. The van der Waals surface area contributed by atoms with Crippen molar-refractivity contribution >= 4 is 17.7 Å². The van der Waals surface area contributed by atoms with Crippen molar-refractivity contribution in [3.05, 3.63) is 59.7 Å². The average Bonchev–Trinajstić information content (AvgIpc) is 2.54. The van der Waals surface area contributed by atoms with E-state index >= 15 is 0 Å². The molecule has 0 aromatic heterocycles. The Labute approximate surface area is 129 Å². The molecular formula is C17H19NO2S. The molecule has 0 radical (unpaired) electrons. The van der Waals surface area contributed by atoms with E-state index in [-0.39, 0.29) is 11.9 Å². The highest BCUT2D eigenvalue weighted by Crippen LogP contribution is 2.25. The zero-order valence-corrected chi connectivity index (χ0v) is 13.2. The minimum Gasteiger partial charge on any atom is -0.496 e. The minimum absolute atomic E-state index is 0.0710. The molecule has 2 aromatic carbocycles. The zero-order valence-electron chi connectivity index (χ0n) is 12.4. The third kappa shape index (κ3) is 3.58. The summed E-state index contributed by atoms with van der Waals surface area (Å²) in [4.78, 5) is 13.4. The van der Waals surface area contributed by atoms with Crippen LogP contribution in [0, 0.1) is 0 Å². The highest BCUT2D eigenvalue weighted by molar-refractivity contribution is 7.98. The molecule has 0 aliphatic carbocycles. The number of rotatable bonds is 5. The predicted molar refractivity (Wildman–Crippen MR) is 87.1 cm³/mol. The van der Waals surface area contributed by atoms with Crippen LogP contribution in [0.15, 0.2) is 53.4 Å². The number of benzene rings is 2. The summed E-state index contributed by atoms with van der Waals surface area (Å²) < 4.78 is 5.34. The standard InChI is InChI=1S/C17H19NO2S/c1-12(13-8-4-6-10-15(13)20-2)18-17(19)14-9-5-7-11-16(14)21-3/h4-12H,1-3H3,(H,18,19)/t12-/m0/s1. The van der Waals surface area contributed by atoms with Crippen molar-refractivity contribution in [3.63, 3.8) is 0 Å². The largest absolute Gasteiger partial charge is 0.496 e. The summed E-state index contributed by atoms with van der Waals surface area (Å²) in [6.07, 6.45) is 1.97. The molecule has 21 heavy (non-hydrogen) atoms. The SMILES string of the molecule is COc1ccccc1[C@H](C)NC(=O)c1ccccc1SC. The average molecular weight is 301 g/mol. The number of thioether (sulfide) groups is 1. The minimum atomic E-state index is -0.122. The molecule has 0 fully saturated rings. The van der Waals surface area contributed by atoms with Gasteiger partial charge in [0.05, 0.1) is 18.7 Å². The van der Waals surface area contributed by atoms with E-state index in [9.17, 15) is 4.79 Å². The zero-order chi connectivity index (χ0) is 15.2. The number of amides is 1. The second-order valence-electron chi connectivity index (χ2n) is 4.64. The maximum absolute atomic E-state index is 12.4. The van der Waals surface area contributed by atoms with Crippen molar-refractivity contribution in [1.82, 2.24) is 5.32 Å². The van der Waals surface area contributed by atoms with E-state index in [0.717, 1.165) is 16.2 Å². The van der Waals surface area contributed by atoms with E-state index in [1.54, 1.807) is 18.9 Å². The fraction of sp³-hybridized carbons (Fsp3) is 0.235. The van der Waals surface area contributed by atoms with Gasteiger partial charge in [0.15, 0.2) is 0 Å². The maximum Gasteiger partial charge on any atom is 0.252 e. The quantitative estimate of drug-likeness (QED) is 0.851. The van der Waals surface area contributed by atoms with Crippen LogP contribution in [0.4, 0.5) is 0 Å². The summed E-state index contributed by atoms with van der Waals surface area (Å²) in [6, 6.07) is 15.2. The Balaban J connectivity index is 2.19. The van der Waals surface area contributed by atoms with E-state index in [1.807, 2.05) is 61.7 Å². The number of ether oxygens (including phenoxy) is 1. The van der Waals surface area contributed by atoms with Gasteiger partial charge in [0.25, 0.3) is 5.91 Å². The summed E-state index contributed by atoms with van der Waals surface area (Å²) in [7, 11) is 1.64. The molecule has 0 aliphatic rings. The lowest BCUT2D eigenvalue weighted by Crippen LogP contribution is -2.27. The summed E-state index contributed by atoms with van der Waals surface area (Å²) in [6.45, 7) is 1.96. The highest BCUT2D eigenvalue weighted by atomic mass is 32.2. The van der Waals surface area contributed by atoms with E-state index in [1.165, 1.54) is 0 Å². The highest BCUT2D eigenvalue weighted by Gasteiger charge is 2.16. The van der Waals surface area contributed by atoms with E-state index in [4.69, 9.17) is 4.74 Å². The summed E-state index contributed by atoms with van der Waals surface area (Å²) in [5.41, 5.74) is 1.67. The fourth-order valence-corrected chi connectivity index (χ4v) is 2.80. The number of carbonyl (C=O) groups excluding carboxylic acids is 1. The Morgan fingerprint density at radius 3 is 2.52 bits per heavy atom. The number of nitrogens with one attached hydrogen (secondary N) is 1. The van der Waals surface area contributed by atoms with Crippen molar-refractivity contribution in [2.45, 2.75) is 17.9 Å². The van der Waals surface area contributed by atoms with Crippen LogP contribution in [0.5, 0.6) is 5.75 Å². The molecule has 0 bridgehead atoms. The van der Waals surface area contributed by atoms with Gasteiger partial charge in [-0.05, 0) is 31.4 Å². The smallest absolute Gasteiger partial charge is 0.252 e. The lowest BCUT2D eigenvalue weighted by Gasteiger charge is -2.18. The van der Waals surface area contributed by atoms with E-state index in [2.05, 4.69) is 5.32 Å². The molecule has 2 rings (SSSR count). The normalized spacial score (nSPS) is 11.8. The third-order valence-corrected chi connectivity index (χ3v) is 4.10. The number of para-hydroxylation sites is 1. The predicted octanol–water partition coefficient (Wildman–Crippen LogP) is 3.91. The van der Waals surface area contributed by atoms with Gasteiger partial charge in [0.1, 0.15) is 5.75 Å². The molecule has 2 aromatic rings. The molecule has 0 heterocycles. The van der Waals surface area contributed by atoms with Gasteiger partial charge >= 0.3 is 0 Å². The van der Waals surface area contributed by atoms with Crippen molar-refractivity contribution in [3.8, 4) is 5.75 Å². The molecule has 4 heteroatoms. The summed E-state index contributed by atoms with van der Waals surface area (Å²) in [5, 5.41) is 3.03. The first-order valence-corrected chi connectivity index (χ1v) is 7.96. The molecule has 1 N–H and O–H groups in total. The maximum atomic E-state index is 12.4. The molecule has 0 unspecified atom stereocenters. The second kappa shape index (κ2) is 7.18. The van der Waals surface area contributed by atoms with Gasteiger partial charge in [0, 0.05) is 10.5 Å². The van der Waals surface area contributed by atoms with Crippen LogP contribution < -0.4 is 10.1 Å². The van der Waals surface area contributed by atoms with Gasteiger partial charge in [-0.25, -0.2) is 0 Å². The molecule has 110 valence electrons. The summed E-state index contributed by atoms with van der Waals surface area (Å²) >= 11 is 1.57. The van der Waals surface area contributed by atoms with Gasteiger partial charge in [0.2, 0.25) is 0 Å².